The highest BCUT2D eigenvalue weighted by Crippen LogP contribution is 2.34. The molecule has 0 aromatic carbocycles. The van der Waals surface area contributed by atoms with Crippen LogP contribution >= 0.6 is 0 Å². The van der Waals surface area contributed by atoms with Gasteiger partial charge in [0, 0.05) is 18.8 Å². The third kappa shape index (κ3) is 7.08. The van der Waals surface area contributed by atoms with E-state index in [9.17, 15) is 9.59 Å². The maximum Gasteiger partial charge on any atom is 0.416 e. The summed E-state index contributed by atoms with van der Waals surface area (Å²) in [4.78, 5) is 34.2. The number of piperidine rings is 1. The van der Waals surface area contributed by atoms with E-state index in [1.807, 2.05) is 64.8 Å². The summed E-state index contributed by atoms with van der Waals surface area (Å²) < 4.78 is 11.4. The number of hydrogen-bond donors (Lipinski definition) is 0. The lowest BCUT2D eigenvalue weighted by atomic mass is 9.94. The van der Waals surface area contributed by atoms with Crippen LogP contribution in [-0.2, 0) is 9.47 Å². The molecule has 2 aliphatic rings. The van der Waals surface area contributed by atoms with E-state index >= 15 is 0 Å². The Morgan fingerprint density at radius 1 is 0.909 bits per heavy atom. The van der Waals surface area contributed by atoms with Crippen LogP contribution in [-0.4, -0.2) is 45.9 Å². The summed E-state index contributed by atoms with van der Waals surface area (Å²) in [5, 5.41) is 0. The fraction of sp³-hybridized carbons (Fsp3) is 0.731. The molecule has 0 bridgehead atoms. The van der Waals surface area contributed by atoms with Gasteiger partial charge in [-0.15, -0.1) is 0 Å². The second kappa shape index (κ2) is 10.3. The van der Waals surface area contributed by atoms with E-state index in [2.05, 4.69) is 0 Å². The molecule has 7 nitrogen and oxygen atoms in total. The number of nitrogens with zero attached hydrogens (tertiary/aromatic N) is 3. The van der Waals surface area contributed by atoms with Gasteiger partial charge >= 0.3 is 12.2 Å². The third-order valence-electron chi connectivity index (χ3n) is 6.06. The zero-order valence-corrected chi connectivity index (χ0v) is 21.2. The molecule has 184 valence electrons. The molecule has 1 atom stereocenters. The summed E-state index contributed by atoms with van der Waals surface area (Å²) in [6, 6.07) is 3.92. The van der Waals surface area contributed by atoms with Gasteiger partial charge in [-0.1, -0.05) is 25.3 Å². The number of likely N-dealkylation sites (tertiary alicyclic amines) is 1. The minimum Gasteiger partial charge on any atom is -0.444 e. The average Bonchev–Trinajstić information content (AvgIpc) is 2.73. The maximum absolute atomic E-state index is 13.1. The lowest BCUT2D eigenvalue weighted by Crippen LogP contribution is -2.45. The molecule has 1 saturated heterocycles. The minimum absolute atomic E-state index is 0.0696. The van der Waals surface area contributed by atoms with Gasteiger partial charge in [0.2, 0.25) is 0 Å². The van der Waals surface area contributed by atoms with Crippen LogP contribution in [0.15, 0.2) is 18.3 Å². The Morgan fingerprint density at radius 3 is 2.12 bits per heavy atom. The van der Waals surface area contributed by atoms with Gasteiger partial charge < -0.3 is 14.4 Å². The topological polar surface area (TPSA) is 72.0 Å². The quantitative estimate of drug-likeness (QED) is 0.508. The van der Waals surface area contributed by atoms with Gasteiger partial charge in [0.05, 0.1) is 6.04 Å². The van der Waals surface area contributed by atoms with Gasteiger partial charge in [0.15, 0.2) is 0 Å². The van der Waals surface area contributed by atoms with Crippen LogP contribution in [0, 0.1) is 0 Å². The van der Waals surface area contributed by atoms with Crippen LogP contribution in [0.4, 0.5) is 15.4 Å². The van der Waals surface area contributed by atoms with Crippen molar-refractivity contribution in [2.75, 3.05) is 11.4 Å². The molecule has 1 aromatic rings. The second-order valence-corrected chi connectivity index (χ2v) is 11.3. The number of carbonyl (C=O) groups is 2. The van der Waals surface area contributed by atoms with E-state index in [0.29, 0.717) is 12.4 Å². The minimum atomic E-state index is -0.569. The predicted octanol–water partition coefficient (Wildman–Crippen LogP) is 6.62. The standard InChI is InChI=1S/C26H41N3O4/c1-25(2,3)32-23(30)28-17-11-10-14-21(28)19-15-16-22(27-18-19)29(20-12-8-7-9-13-20)24(31)33-26(4,5)6/h15-16,18,20-21H,7-14,17H2,1-6H3/t21-/m0/s1. The largest absolute Gasteiger partial charge is 0.444 e. The number of amides is 2. The Hall–Kier alpha value is -2.31. The summed E-state index contributed by atoms with van der Waals surface area (Å²) in [5.41, 5.74) is -0.133. The number of carbonyl (C=O) groups excluding carboxylic acids is 2. The molecule has 1 aromatic heterocycles. The molecule has 0 radical (unpaired) electrons. The first kappa shape index (κ1) is 25.3. The Labute approximate surface area is 198 Å². The lowest BCUT2D eigenvalue weighted by molar-refractivity contribution is 0.00947. The number of ether oxygens (including phenoxy) is 2. The van der Waals surface area contributed by atoms with Gasteiger partial charge in [-0.25, -0.2) is 14.6 Å². The van der Waals surface area contributed by atoms with E-state index in [4.69, 9.17) is 14.5 Å². The summed E-state index contributed by atoms with van der Waals surface area (Å²) in [6.45, 7) is 12.0. The van der Waals surface area contributed by atoms with E-state index in [1.165, 1.54) is 6.42 Å². The van der Waals surface area contributed by atoms with Crippen molar-refractivity contribution >= 4 is 18.0 Å². The number of anilines is 1. The van der Waals surface area contributed by atoms with Gasteiger partial charge in [0.25, 0.3) is 0 Å². The average molecular weight is 460 g/mol. The van der Waals surface area contributed by atoms with Crippen molar-refractivity contribution in [2.24, 2.45) is 0 Å². The first-order valence-electron chi connectivity index (χ1n) is 12.4. The van der Waals surface area contributed by atoms with Gasteiger partial charge in [0.1, 0.15) is 17.0 Å². The molecular weight excluding hydrogens is 418 g/mol. The first-order valence-corrected chi connectivity index (χ1v) is 12.4. The number of rotatable bonds is 3. The second-order valence-electron chi connectivity index (χ2n) is 11.3. The summed E-state index contributed by atoms with van der Waals surface area (Å²) in [7, 11) is 0. The maximum atomic E-state index is 13.1. The molecule has 0 spiro atoms. The van der Waals surface area contributed by atoms with Gasteiger partial charge in [-0.2, -0.15) is 0 Å². The van der Waals surface area contributed by atoms with E-state index in [1.54, 1.807) is 4.90 Å². The van der Waals surface area contributed by atoms with Crippen molar-refractivity contribution < 1.29 is 19.1 Å². The van der Waals surface area contributed by atoms with E-state index in [0.717, 1.165) is 50.5 Å². The number of pyridine rings is 1. The highest BCUT2D eigenvalue weighted by molar-refractivity contribution is 5.87. The molecule has 1 aliphatic heterocycles. The van der Waals surface area contributed by atoms with Crippen LogP contribution in [0.1, 0.15) is 105 Å². The van der Waals surface area contributed by atoms with Crippen LogP contribution < -0.4 is 4.90 Å². The van der Waals surface area contributed by atoms with Crippen LogP contribution in [0.25, 0.3) is 0 Å². The van der Waals surface area contributed by atoms with Gasteiger partial charge in [-0.05, 0) is 85.3 Å². The van der Waals surface area contributed by atoms with Crippen molar-refractivity contribution in [1.82, 2.24) is 9.88 Å². The summed E-state index contributed by atoms with van der Waals surface area (Å²) in [6.07, 6.45) is 9.40. The molecule has 1 saturated carbocycles. The van der Waals surface area contributed by atoms with Crippen molar-refractivity contribution in [1.29, 1.82) is 0 Å². The normalized spacial score (nSPS) is 20.3. The highest BCUT2D eigenvalue weighted by Gasteiger charge is 2.34. The first-order chi connectivity index (χ1) is 15.4. The van der Waals surface area contributed by atoms with Gasteiger partial charge in [-0.3, -0.25) is 4.90 Å². The smallest absolute Gasteiger partial charge is 0.416 e. The third-order valence-corrected chi connectivity index (χ3v) is 6.06. The summed E-state index contributed by atoms with van der Waals surface area (Å²) >= 11 is 0. The van der Waals surface area contributed by atoms with E-state index in [-0.39, 0.29) is 24.3 Å². The molecule has 33 heavy (non-hydrogen) atoms. The molecule has 0 N–H and O–H groups in total. The predicted molar refractivity (Wildman–Crippen MR) is 129 cm³/mol. The number of hydrogen-bond acceptors (Lipinski definition) is 5. The van der Waals surface area contributed by atoms with Crippen LogP contribution in [0.3, 0.4) is 0 Å². The Balaban J connectivity index is 1.82. The molecule has 3 rings (SSSR count). The molecule has 2 fully saturated rings. The lowest BCUT2D eigenvalue weighted by Gasteiger charge is -2.37. The molecule has 7 heteroatoms. The Kier molecular flexibility index (Phi) is 7.91. The Morgan fingerprint density at radius 2 is 1.55 bits per heavy atom. The summed E-state index contributed by atoms with van der Waals surface area (Å²) in [5.74, 6) is 0.611. The zero-order valence-electron chi connectivity index (χ0n) is 21.2. The van der Waals surface area contributed by atoms with Crippen molar-refractivity contribution in [2.45, 2.75) is 116 Å². The molecule has 1 aliphatic carbocycles. The molecule has 2 heterocycles. The van der Waals surface area contributed by atoms with E-state index < -0.39 is 11.2 Å². The van der Waals surface area contributed by atoms with Crippen molar-refractivity contribution in [3.8, 4) is 0 Å². The molecular formula is C26H41N3O4. The number of aromatic nitrogens is 1. The van der Waals surface area contributed by atoms with Crippen LogP contribution in [0.5, 0.6) is 0 Å². The molecule has 0 unspecified atom stereocenters. The van der Waals surface area contributed by atoms with Crippen molar-refractivity contribution in [3.63, 3.8) is 0 Å². The molecule has 2 amide bonds. The fourth-order valence-corrected chi connectivity index (χ4v) is 4.63. The fourth-order valence-electron chi connectivity index (χ4n) is 4.63. The SMILES string of the molecule is CC(C)(C)OC(=O)N(c1ccc([C@@H]2CCCCN2C(=O)OC(C)(C)C)cn1)C1CCCCC1. The monoisotopic (exact) mass is 459 g/mol. The Bertz CT molecular complexity index is 804. The highest BCUT2D eigenvalue weighted by atomic mass is 16.6. The van der Waals surface area contributed by atoms with Crippen LogP contribution in [0.2, 0.25) is 0 Å². The van der Waals surface area contributed by atoms with Crippen molar-refractivity contribution in [3.05, 3.63) is 23.9 Å². The zero-order chi connectivity index (χ0) is 24.2.